The van der Waals surface area contributed by atoms with Crippen LogP contribution in [0.2, 0.25) is 0 Å². The van der Waals surface area contributed by atoms with Gasteiger partial charge in [-0.25, -0.2) is 4.79 Å². The number of carbonyl (C=O) groups is 2. The second-order valence-electron chi connectivity index (χ2n) is 7.03. The van der Waals surface area contributed by atoms with Crippen molar-refractivity contribution in [2.45, 2.75) is 44.4 Å². The Kier molecular flexibility index (Phi) is 7.83. The monoisotopic (exact) mass is 418 g/mol. The van der Waals surface area contributed by atoms with Gasteiger partial charge in [-0.2, -0.15) is 13.2 Å². The number of aliphatic carboxylic acids is 1. The first-order valence-electron chi connectivity index (χ1n) is 9.36. The Balaban J connectivity index is 0.000000370. The summed E-state index contributed by atoms with van der Waals surface area (Å²) in [6.07, 6.45) is 2.39. The third kappa shape index (κ3) is 6.59. The highest BCUT2D eigenvalue weighted by molar-refractivity contribution is 5.73. The zero-order valence-electron chi connectivity index (χ0n) is 16.2. The zero-order valence-corrected chi connectivity index (χ0v) is 16.2. The van der Waals surface area contributed by atoms with E-state index in [1.54, 1.807) is 19.3 Å². The maximum absolute atomic E-state index is 11.5. The van der Waals surface area contributed by atoms with Crippen LogP contribution in [0.15, 0.2) is 24.5 Å². The van der Waals surface area contributed by atoms with Crippen LogP contribution in [0.25, 0.3) is 0 Å². The van der Waals surface area contributed by atoms with Gasteiger partial charge in [0.25, 0.3) is 0 Å². The van der Waals surface area contributed by atoms with E-state index >= 15 is 0 Å². The largest absolute Gasteiger partial charge is 0.492 e. The van der Waals surface area contributed by atoms with Crippen LogP contribution in [0.1, 0.15) is 32.6 Å². The van der Waals surface area contributed by atoms with Gasteiger partial charge < -0.3 is 19.5 Å². The summed E-state index contributed by atoms with van der Waals surface area (Å²) in [6, 6.07) is 3.81. The summed E-state index contributed by atoms with van der Waals surface area (Å²) < 4.78 is 43.6. The molecule has 3 heterocycles. The normalized spacial score (nSPS) is 20.7. The van der Waals surface area contributed by atoms with Crippen molar-refractivity contribution in [3.05, 3.63) is 24.5 Å². The van der Waals surface area contributed by atoms with Crippen LogP contribution in [0.5, 0.6) is 5.75 Å². The molecule has 0 aliphatic carbocycles. The molecule has 0 bridgehead atoms. The molecule has 2 aliphatic rings. The SMILES string of the molecule is CC(=O)N1CCC2(CC1)OCCC2CCOc1cccnc1.O=C(O)C(F)(F)F. The number of hydrogen-bond acceptors (Lipinski definition) is 5. The molecule has 3 rings (SSSR count). The van der Waals surface area contributed by atoms with Gasteiger partial charge in [0.05, 0.1) is 18.4 Å². The molecule has 7 nitrogen and oxygen atoms in total. The quantitative estimate of drug-likeness (QED) is 0.809. The van der Waals surface area contributed by atoms with E-state index in [1.165, 1.54) is 0 Å². The van der Waals surface area contributed by atoms with E-state index in [0.29, 0.717) is 12.5 Å². The summed E-state index contributed by atoms with van der Waals surface area (Å²) in [7, 11) is 0. The van der Waals surface area contributed by atoms with E-state index in [1.807, 2.05) is 17.0 Å². The third-order valence-electron chi connectivity index (χ3n) is 5.27. The smallest absolute Gasteiger partial charge is 0.490 e. The highest BCUT2D eigenvalue weighted by Gasteiger charge is 2.46. The number of pyridine rings is 1. The van der Waals surface area contributed by atoms with Crippen LogP contribution in [0.3, 0.4) is 0 Å². The Labute approximate surface area is 166 Å². The Morgan fingerprint density at radius 1 is 1.38 bits per heavy atom. The standard InChI is InChI=1S/C17H24N2O3.C2HF3O2/c1-14(20)19-9-6-17(7-10-19)15(5-12-22-17)4-11-21-16-3-2-8-18-13-16;3-2(4,5)1(6)7/h2-3,8,13,15H,4-7,9-12H2,1H3;(H,6,7). The zero-order chi connectivity index (χ0) is 21.5. The summed E-state index contributed by atoms with van der Waals surface area (Å²) in [4.78, 5) is 26.4. The minimum atomic E-state index is -5.08. The lowest BCUT2D eigenvalue weighted by Gasteiger charge is -2.42. The minimum Gasteiger partial charge on any atom is -0.492 e. The number of ether oxygens (including phenoxy) is 2. The Hall–Kier alpha value is -2.36. The molecular formula is C19H25F3N2O5. The number of piperidine rings is 1. The molecule has 1 aromatic heterocycles. The molecule has 2 aliphatic heterocycles. The number of halogens is 3. The lowest BCUT2D eigenvalue weighted by Crippen LogP contribution is -2.49. The number of aromatic nitrogens is 1. The summed E-state index contributed by atoms with van der Waals surface area (Å²) in [6.45, 7) is 4.80. The molecule has 1 atom stereocenters. The molecular weight excluding hydrogens is 393 g/mol. The third-order valence-corrected chi connectivity index (χ3v) is 5.27. The van der Waals surface area contributed by atoms with Crippen molar-refractivity contribution in [1.82, 2.24) is 9.88 Å². The molecule has 162 valence electrons. The summed E-state index contributed by atoms with van der Waals surface area (Å²) in [5.74, 6) is -1.24. The number of nitrogens with zero attached hydrogens (tertiary/aromatic N) is 2. The number of carboxylic acid groups (broad SMARTS) is 1. The molecule has 0 saturated carbocycles. The van der Waals surface area contributed by atoms with E-state index in [2.05, 4.69) is 4.98 Å². The van der Waals surface area contributed by atoms with E-state index in [4.69, 9.17) is 19.4 Å². The maximum atomic E-state index is 11.5. The maximum Gasteiger partial charge on any atom is 0.490 e. The lowest BCUT2D eigenvalue weighted by molar-refractivity contribution is -0.192. The first kappa shape index (κ1) is 22.9. The van der Waals surface area contributed by atoms with Crippen LogP contribution >= 0.6 is 0 Å². The van der Waals surface area contributed by atoms with Crippen LogP contribution in [0, 0.1) is 5.92 Å². The number of alkyl halides is 3. The molecule has 0 aromatic carbocycles. The Morgan fingerprint density at radius 2 is 2.03 bits per heavy atom. The predicted octanol–water partition coefficient (Wildman–Crippen LogP) is 2.90. The number of likely N-dealkylation sites (tertiary alicyclic amines) is 1. The first-order chi connectivity index (χ1) is 13.6. The van der Waals surface area contributed by atoms with Gasteiger partial charge >= 0.3 is 12.1 Å². The minimum absolute atomic E-state index is 0.0375. The van der Waals surface area contributed by atoms with Crippen molar-refractivity contribution in [3.8, 4) is 5.75 Å². The summed E-state index contributed by atoms with van der Waals surface area (Å²) >= 11 is 0. The fourth-order valence-corrected chi connectivity index (χ4v) is 3.70. The van der Waals surface area contributed by atoms with Crippen molar-refractivity contribution in [2.75, 3.05) is 26.3 Å². The number of carbonyl (C=O) groups excluding carboxylic acids is 1. The highest BCUT2D eigenvalue weighted by atomic mass is 19.4. The number of carboxylic acids is 1. The molecule has 2 fully saturated rings. The summed E-state index contributed by atoms with van der Waals surface area (Å²) in [5, 5.41) is 7.12. The lowest BCUT2D eigenvalue weighted by atomic mass is 9.78. The van der Waals surface area contributed by atoms with Crippen molar-refractivity contribution in [3.63, 3.8) is 0 Å². The second kappa shape index (κ2) is 9.91. The fraction of sp³-hybridized carbons (Fsp3) is 0.632. The molecule has 1 spiro atoms. The Morgan fingerprint density at radius 3 is 2.55 bits per heavy atom. The van der Waals surface area contributed by atoms with Crippen molar-refractivity contribution in [1.29, 1.82) is 0 Å². The van der Waals surface area contributed by atoms with Crippen molar-refractivity contribution < 1.29 is 37.3 Å². The molecule has 1 amide bonds. The summed E-state index contributed by atoms with van der Waals surface area (Å²) in [5.41, 5.74) is -0.0375. The van der Waals surface area contributed by atoms with Crippen molar-refractivity contribution in [2.24, 2.45) is 5.92 Å². The topological polar surface area (TPSA) is 89.0 Å². The van der Waals surface area contributed by atoms with Gasteiger partial charge in [0.15, 0.2) is 0 Å². The van der Waals surface area contributed by atoms with E-state index in [-0.39, 0.29) is 11.5 Å². The number of hydrogen-bond donors (Lipinski definition) is 1. The van der Waals surface area contributed by atoms with Crippen LogP contribution in [-0.4, -0.2) is 64.9 Å². The van der Waals surface area contributed by atoms with Gasteiger partial charge in [0, 0.05) is 32.8 Å². The molecule has 29 heavy (non-hydrogen) atoms. The van der Waals surface area contributed by atoms with Gasteiger partial charge in [-0.3, -0.25) is 9.78 Å². The van der Waals surface area contributed by atoms with Gasteiger partial charge in [0.1, 0.15) is 5.75 Å². The van der Waals surface area contributed by atoms with E-state index in [9.17, 15) is 18.0 Å². The van der Waals surface area contributed by atoms with Gasteiger partial charge in [0.2, 0.25) is 5.91 Å². The van der Waals surface area contributed by atoms with E-state index < -0.39 is 12.1 Å². The number of amides is 1. The molecule has 2 saturated heterocycles. The molecule has 10 heteroatoms. The highest BCUT2D eigenvalue weighted by Crippen LogP contribution is 2.42. The van der Waals surface area contributed by atoms with Gasteiger partial charge in [-0.1, -0.05) is 0 Å². The van der Waals surface area contributed by atoms with Gasteiger partial charge in [-0.05, 0) is 43.7 Å². The fourth-order valence-electron chi connectivity index (χ4n) is 3.70. The van der Waals surface area contributed by atoms with Gasteiger partial charge in [-0.15, -0.1) is 0 Å². The molecule has 1 unspecified atom stereocenters. The van der Waals surface area contributed by atoms with Crippen LogP contribution < -0.4 is 4.74 Å². The Bertz CT molecular complexity index is 676. The first-order valence-corrected chi connectivity index (χ1v) is 9.36. The number of rotatable bonds is 4. The average molecular weight is 418 g/mol. The van der Waals surface area contributed by atoms with Crippen LogP contribution in [0.4, 0.5) is 13.2 Å². The molecule has 1 N–H and O–H groups in total. The van der Waals surface area contributed by atoms with Crippen molar-refractivity contribution >= 4 is 11.9 Å². The second-order valence-corrected chi connectivity index (χ2v) is 7.03. The molecule has 1 aromatic rings. The predicted molar refractivity (Wildman–Crippen MR) is 96.3 cm³/mol. The average Bonchev–Trinajstić information content (AvgIpc) is 3.05. The van der Waals surface area contributed by atoms with E-state index in [0.717, 1.165) is 51.1 Å². The molecule has 0 radical (unpaired) electrons. The van der Waals surface area contributed by atoms with Crippen LogP contribution in [-0.2, 0) is 14.3 Å².